The highest BCUT2D eigenvalue weighted by molar-refractivity contribution is 5.74. The summed E-state index contributed by atoms with van der Waals surface area (Å²) in [4.78, 5) is 23.1. The number of urea groups is 1. The van der Waals surface area contributed by atoms with Crippen LogP contribution in [0.2, 0.25) is 0 Å². The summed E-state index contributed by atoms with van der Waals surface area (Å²) in [6, 6.07) is 7.22. The maximum atomic E-state index is 12.2. The molecule has 5 nitrogen and oxygen atoms in total. The number of hydrogen-bond acceptors (Lipinski definition) is 3. The van der Waals surface area contributed by atoms with E-state index >= 15 is 0 Å². The molecule has 0 spiro atoms. The lowest BCUT2D eigenvalue weighted by Gasteiger charge is -2.27. The number of rotatable bonds is 2. The van der Waals surface area contributed by atoms with Gasteiger partial charge in [0.2, 0.25) is 0 Å². The van der Waals surface area contributed by atoms with Gasteiger partial charge in [-0.05, 0) is 31.9 Å². The Kier molecular flexibility index (Phi) is 3.85. The fourth-order valence-corrected chi connectivity index (χ4v) is 3.66. The molecule has 2 amide bonds. The Hall–Kier alpha value is -1.62. The molecule has 0 radical (unpaired) electrons. The largest absolute Gasteiger partial charge is 0.331 e. The van der Waals surface area contributed by atoms with Crippen LogP contribution in [0.5, 0.6) is 0 Å². The van der Waals surface area contributed by atoms with Crippen LogP contribution in [0.4, 0.5) is 4.79 Å². The molecule has 2 fully saturated rings. The number of amides is 2. The second-order valence-electron chi connectivity index (χ2n) is 6.32. The van der Waals surface area contributed by atoms with Gasteiger partial charge in [-0.3, -0.25) is 9.88 Å². The highest BCUT2D eigenvalue weighted by Gasteiger charge is 2.44. The van der Waals surface area contributed by atoms with Gasteiger partial charge in [0.25, 0.3) is 0 Å². The molecule has 0 saturated carbocycles. The predicted molar refractivity (Wildman–Crippen MR) is 82.0 cm³/mol. The average molecular weight is 288 g/mol. The van der Waals surface area contributed by atoms with Crippen molar-refractivity contribution < 1.29 is 4.79 Å². The molecule has 21 heavy (non-hydrogen) atoms. The molecule has 2 aliphatic rings. The maximum absolute atomic E-state index is 12.2. The number of hydrogen-bond donors (Lipinski definition) is 0. The number of aromatic nitrogens is 1. The Balaban J connectivity index is 1.68. The van der Waals surface area contributed by atoms with Crippen molar-refractivity contribution in [3.8, 4) is 0 Å². The summed E-state index contributed by atoms with van der Waals surface area (Å²) in [7, 11) is 3.66. The van der Waals surface area contributed by atoms with Crippen molar-refractivity contribution in [1.29, 1.82) is 0 Å². The molecule has 2 atom stereocenters. The van der Waals surface area contributed by atoms with Crippen molar-refractivity contribution in [3.63, 3.8) is 0 Å². The van der Waals surface area contributed by atoms with Crippen molar-refractivity contribution in [3.05, 3.63) is 29.6 Å². The van der Waals surface area contributed by atoms with Gasteiger partial charge in [-0.25, -0.2) is 4.79 Å². The fourth-order valence-electron chi connectivity index (χ4n) is 3.66. The van der Waals surface area contributed by atoms with E-state index < -0.39 is 0 Å². The van der Waals surface area contributed by atoms with Gasteiger partial charge in [0.15, 0.2) is 0 Å². The molecule has 1 aromatic rings. The van der Waals surface area contributed by atoms with E-state index in [0.29, 0.717) is 12.1 Å². The maximum Gasteiger partial charge on any atom is 0.319 e. The van der Waals surface area contributed by atoms with Crippen LogP contribution >= 0.6 is 0 Å². The summed E-state index contributed by atoms with van der Waals surface area (Å²) in [6.45, 7) is 4.86. The SMILES string of the molecule is Cc1cccc(CN2CC[C@H]3[C@H]2CCN3C(=O)N(C)C)n1. The molecule has 114 valence electrons. The number of carbonyl (C=O) groups excluding carboxylic acids is 1. The van der Waals surface area contributed by atoms with Crippen molar-refractivity contribution >= 4 is 6.03 Å². The third-order valence-corrected chi connectivity index (χ3v) is 4.63. The van der Waals surface area contributed by atoms with Crippen LogP contribution in [0, 0.1) is 6.92 Å². The first-order valence-electron chi connectivity index (χ1n) is 7.71. The third kappa shape index (κ3) is 2.75. The Morgan fingerprint density at radius 1 is 1.29 bits per heavy atom. The molecule has 3 heterocycles. The minimum absolute atomic E-state index is 0.151. The Morgan fingerprint density at radius 2 is 2.05 bits per heavy atom. The molecular weight excluding hydrogens is 264 g/mol. The summed E-state index contributed by atoms with van der Waals surface area (Å²) in [5.74, 6) is 0. The van der Waals surface area contributed by atoms with Gasteiger partial charge < -0.3 is 9.80 Å². The number of aryl methyl sites for hydroxylation is 1. The van der Waals surface area contributed by atoms with Crippen molar-refractivity contribution in [2.24, 2.45) is 0 Å². The zero-order valence-electron chi connectivity index (χ0n) is 13.1. The van der Waals surface area contributed by atoms with E-state index in [0.717, 1.165) is 43.9 Å². The molecule has 3 rings (SSSR count). The minimum Gasteiger partial charge on any atom is -0.331 e. The summed E-state index contributed by atoms with van der Waals surface area (Å²) in [6.07, 6.45) is 2.16. The molecule has 0 aromatic carbocycles. The highest BCUT2D eigenvalue weighted by Crippen LogP contribution is 2.32. The quantitative estimate of drug-likeness (QED) is 0.832. The van der Waals surface area contributed by atoms with Crippen molar-refractivity contribution in [1.82, 2.24) is 19.7 Å². The van der Waals surface area contributed by atoms with E-state index in [9.17, 15) is 4.79 Å². The molecule has 0 bridgehead atoms. The Morgan fingerprint density at radius 3 is 2.76 bits per heavy atom. The second kappa shape index (κ2) is 5.64. The van der Waals surface area contributed by atoms with Gasteiger partial charge in [0.05, 0.1) is 11.7 Å². The van der Waals surface area contributed by atoms with Crippen LogP contribution in [-0.4, -0.2) is 65.0 Å². The van der Waals surface area contributed by atoms with Crippen LogP contribution in [0.1, 0.15) is 24.2 Å². The van der Waals surface area contributed by atoms with Crippen LogP contribution < -0.4 is 0 Å². The second-order valence-corrected chi connectivity index (χ2v) is 6.32. The van der Waals surface area contributed by atoms with Crippen LogP contribution in [-0.2, 0) is 6.54 Å². The number of fused-ring (bicyclic) bond motifs is 1. The molecule has 0 aliphatic carbocycles. The van der Waals surface area contributed by atoms with Crippen LogP contribution in [0.15, 0.2) is 18.2 Å². The van der Waals surface area contributed by atoms with Gasteiger partial charge in [-0.15, -0.1) is 0 Å². The molecular formula is C16H24N4O. The minimum atomic E-state index is 0.151. The molecule has 1 aromatic heterocycles. The van der Waals surface area contributed by atoms with E-state index in [2.05, 4.69) is 22.0 Å². The van der Waals surface area contributed by atoms with Gasteiger partial charge in [0, 0.05) is 45.5 Å². The predicted octanol–water partition coefficient (Wildman–Crippen LogP) is 1.72. The zero-order chi connectivity index (χ0) is 15.0. The lowest BCUT2D eigenvalue weighted by Crippen LogP contribution is -2.44. The van der Waals surface area contributed by atoms with Crippen LogP contribution in [0.25, 0.3) is 0 Å². The molecule has 5 heteroatoms. The Bertz CT molecular complexity index is 531. The lowest BCUT2D eigenvalue weighted by atomic mass is 10.1. The van der Waals surface area contributed by atoms with E-state index in [4.69, 9.17) is 0 Å². The first-order chi connectivity index (χ1) is 10.1. The smallest absolute Gasteiger partial charge is 0.319 e. The van der Waals surface area contributed by atoms with Crippen molar-refractivity contribution in [2.45, 2.75) is 38.4 Å². The van der Waals surface area contributed by atoms with Gasteiger partial charge in [-0.2, -0.15) is 0 Å². The first kappa shape index (κ1) is 14.3. The van der Waals surface area contributed by atoms with Crippen molar-refractivity contribution in [2.75, 3.05) is 27.2 Å². The third-order valence-electron chi connectivity index (χ3n) is 4.63. The number of likely N-dealkylation sites (tertiary alicyclic amines) is 2. The van der Waals surface area contributed by atoms with E-state index in [1.165, 1.54) is 0 Å². The summed E-state index contributed by atoms with van der Waals surface area (Å²) in [5, 5.41) is 0. The topological polar surface area (TPSA) is 39.7 Å². The first-order valence-corrected chi connectivity index (χ1v) is 7.71. The average Bonchev–Trinajstić information content (AvgIpc) is 3.01. The summed E-state index contributed by atoms with van der Waals surface area (Å²) in [5.41, 5.74) is 2.20. The number of nitrogens with zero attached hydrogens (tertiary/aromatic N) is 4. The van der Waals surface area contributed by atoms with E-state index in [1.807, 2.05) is 32.0 Å². The fraction of sp³-hybridized carbons (Fsp3) is 0.625. The van der Waals surface area contributed by atoms with E-state index in [1.54, 1.807) is 4.90 Å². The Labute approximate surface area is 126 Å². The van der Waals surface area contributed by atoms with Gasteiger partial charge in [0.1, 0.15) is 0 Å². The standard InChI is InChI=1S/C16H24N4O/c1-12-5-4-6-13(17-12)11-19-9-7-15-14(19)8-10-20(15)16(21)18(2)3/h4-6,14-15H,7-11H2,1-3H3/t14-,15+/m1/s1. The van der Waals surface area contributed by atoms with Gasteiger partial charge in [-0.1, -0.05) is 6.07 Å². The molecule has 0 N–H and O–H groups in total. The molecule has 0 unspecified atom stereocenters. The number of carbonyl (C=O) groups is 1. The van der Waals surface area contributed by atoms with Gasteiger partial charge >= 0.3 is 6.03 Å². The molecule has 2 saturated heterocycles. The monoisotopic (exact) mass is 288 g/mol. The zero-order valence-corrected chi connectivity index (χ0v) is 13.1. The van der Waals surface area contributed by atoms with E-state index in [-0.39, 0.29) is 6.03 Å². The lowest BCUT2D eigenvalue weighted by molar-refractivity contribution is 0.162. The van der Waals surface area contributed by atoms with Crippen LogP contribution in [0.3, 0.4) is 0 Å². The highest BCUT2D eigenvalue weighted by atomic mass is 16.2. The number of pyridine rings is 1. The normalized spacial score (nSPS) is 25.2. The molecule has 2 aliphatic heterocycles. The summed E-state index contributed by atoms with van der Waals surface area (Å²) >= 11 is 0. The summed E-state index contributed by atoms with van der Waals surface area (Å²) < 4.78 is 0.